The van der Waals surface area contributed by atoms with Crippen LogP contribution in [0.25, 0.3) is 0 Å². The van der Waals surface area contributed by atoms with E-state index in [1.54, 1.807) is 9.80 Å². The molecule has 3 heterocycles. The highest BCUT2D eigenvalue weighted by atomic mass is 19.4. The first-order valence-corrected chi connectivity index (χ1v) is 11.7. The first kappa shape index (κ1) is 24.9. The summed E-state index contributed by atoms with van der Waals surface area (Å²) in [6.07, 6.45) is -1.43. The van der Waals surface area contributed by atoms with Crippen LogP contribution in [0.1, 0.15) is 45.1 Å². The lowest BCUT2D eigenvalue weighted by atomic mass is 9.81. The molecule has 0 bridgehead atoms. The van der Waals surface area contributed by atoms with E-state index >= 15 is 0 Å². The maximum Gasteiger partial charge on any atom is 0.419 e. The van der Waals surface area contributed by atoms with Crippen molar-refractivity contribution in [2.24, 2.45) is 5.92 Å². The first-order chi connectivity index (χ1) is 15.9. The first-order valence-electron chi connectivity index (χ1n) is 11.7. The summed E-state index contributed by atoms with van der Waals surface area (Å²) in [5.41, 5.74) is -0.896. The number of carbonyl (C=O) groups excluding carboxylic acids is 1. The summed E-state index contributed by atoms with van der Waals surface area (Å²) < 4.78 is 64.4. The van der Waals surface area contributed by atoms with E-state index < -0.39 is 17.7 Å². The fourth-order valence-electron chi connectivity index (χ4n) is 5.31. The molecule has 0 radical (unpaired) electrons. The predicted molar refractivity (Wildman–Crippen MR) is 116 cm³/mol. The molecule has 34 heavy (non-hydrogen) atoms. The van der Waals surface area contributed by atoms with Gasteiger partial charge in [-0.1, -0.05) is 0 Å². The third-order valence-electron chi connectivity index (χ3n) is 7.01. The van der Waals surface area contributed by atoms with Crippen LogP contribution in [-0.4, -0.2) is 82.6 Å². The number of aromatic nitrogens is 2. The van der Waals surface area contributed by atoms with Crippen molar-refractivity contribution in [2.75, 3.05) is 37.6 Å². The molecule has 2 atom stereocenters. The highest BCUT2D eigenvalue weighted by molar-refractivity contribution is 5.75. The molecule has 4 rings (SSSR count). The van der Waals surface area contributed by atoms with Crippen molar-refractivity contribution in [3.63, 3.8) is 0 Å². The van der Waals surface area contributed by atoms with Gasteiger partial charge in [-0.2, -0.15) is 13.2 Å². The number of amides is 2. The average molecular weight is 491 g/mol. The van der Waals surface area contributed by atoms with Gasteiger partial charge in [-0.3, -0.25) is 0 Å². The summed E-state index contributed by atoms with van der Waals surface area (Å²) in [5.74, 6) is -2.22. The van der Waals surface area contributed by atoms with E-state index in [-0.39, 0.29) is 48.9 Å². The molecule has 190 valence electrons. The summed E-state index contributed by atoms with van der Waals surface area (Å²) in [5, 5.41) is 3.11. The van der Waals surface area contributed by atoms with Crippen molar-refractivity contribution in [3.8, 4) is 0 Å². The topological polar surface area (TPSA) is 64.6 Å². The Balaban J connectivity index is 1.25. The van der Waals surface area contributed by atoms with Gasteiger partial charge in [0.1, 0.15) is 0 Å². The minimum absolute atomic E-state index is 0.0249. The number of nitrogens with one attached hydrogen (secondary N) is 1. The van der Waals surface area contributed by atoms with Gasteiger partial charge < -0.3 is 20.0 Å². The van der Waals surface area contributed by atoms with Crippen molar-refractivity contribution in [1.82, 2.24) is 25.1 Å². The molecule has 0 spiro atoms. The van der Waals surface area contributed by atoms with Crippen molar-refractivity contribution in [1.29, 1.82) is 0 Å². The summed E-state index contributed by atoms with van der Waals surface area (Å²) in [6.45, 7) is 6.85. The highest BCUT2D eigenvalue weighted by Gasteiger charge is 2.45. The van der Waals surface area contributed by atoms with Gasteiger partial charge in [-0.25, -0.2) is 23.5 Å². The average Bonchev–Trinajstić information content (AvgIpc) is 2.73. The largest absolute Gasteiger partial charge is 0.419 e. The third kappa shape index (κ3) is 5.69. The Morgan fingerprint density at radius 2 is 1.65 bits per heavy atom. The Morgan fingerprint density at radius 3 is 2.15 bits per heavy atom. The zero-order chi connectivity index (χ0) is 24.7. The van der Waals surface area contributed by atoms with Gasteiger partial charge in [-0.15, -0.1) is 0 Å². The second-order valence-electron chi connectivity index (χ2n) is 9.93. The number of piperazine rings is 1. The SMILES string of the molecule is C[C@@H]1CN(c2ncc(C(F)(F)F)cn2)C[C@H](C)N1C(=O)NC1CCN(CC2CC(F)(F)C2)CC1. The van der Waals surface area contributed by atoms with Crippen molar-refractivity contribution >= 4 is 12.0 Å². The molecular weight excluding hydrogens is 459 g/mol. The number of halogens is 5. The van der Waals surface area contributed by atoms with E-state index in [2.05, 4.69) is 20.2 Å². The fraction of sp³-hybridized carbons (Fsp3) is 0.773. The van der Waals surface area contributed by atoms with Crippen LogP contribution in [0.2, 0.25) is 0 Å². The standard InChI is InChI=1S/C22H31F5N6O/c1-14-11-32(19-28-9-17(10-29-19)22(25,26)27)12-15(2)33(14)20(34)30-18-3-5-31(6-4-18)13-16-7-21(23,24)8-16/h9-10,14-16,18H,3-8,11-13H2,1-2H3,(H,30,34)/t14-,15+. The number of hydrogen-bond donors (Lipinski definition) is 1. The van der Waals surface area contributed by atoms with Crippen LogP contribution in [0.15, 0.2) is 12.4 Å². The Labute approximate surface area is 195 Å². The third-order valence-corrected chi connectivity index (χ3v) is 7.01. The Hall–Kier alpha value is -2.24. The van der Waals surface area contributed by atoms with E-state index in [1.165, 1.54) is 0 Å². The quantitative estimate of drug-likeness (QED) is 0.654. The maximum absolute atomic E-state index is 13.0. The van der Waals surface area contributed by atoms with Crippen LogP contribution in [0, 0.1) is 5.92 Å². The molecule has 0 aromatic carbocycles. The summed E-state index contributed by atoms with van der Waals surface area (Å²) >= 11 is 0. The molecule has 3 fully saturated rings. The van der Waals surface area contributed by atoms with E-state index in [0.717, 1.165) is 38.3 Å². The molecule has 1 N–H and O–H groups in total. The molecule has 2 aliphatic heterocycles. The van der Waals surface area contributed by atoms with Crippen LogP contribution < -0.4 is 10.2 Å². The molecule has 1 aliphatic carbocycles. The van der Waals surface area contributed by atoms with Crippen molar-refractivity contribution in [3.05, 3.63) is 18.0 Å². The Kier molecular flexibility index (Phi) is 6.90. The Bertz CT molecular complexity index is 838. The summed E-state index contributed by atoms with van der Waals surface area (Å²) in [7, 11) is 0. The van der Waals surface area contributed by atoms with Crippen LogP contribution in [-0.2, 0) is 6.18 Å². The second-order valence-corrected chi connectivity index (χ2v) is 9.93. The Morgan fingerprint density at radius 1 is 1.09 bits per heavy atom. The fourth-order valence-corrected chi connectivity index (χ4v) is 5.31. The molecule has 3 aliphatic rings. The number of piperidine rings is 1. The molecule has 2 amide bonds. The number of nitrogens with zero attached hydrogens (tertiary/aromatic N) is 5. The number of rotatable bonds is 4. The van der Waals surface area contributed by atoms with E-state index in [9.17, 15) is 26.7 Å². The second kappa shape index (κ2) is 9.43. The van der Waals surface area contributed by atoms with Gasteiger partial charge in [0.2, 0.25) is 11.9 Å². The monoisotopic (exact) mass is 490 g/mol. The lowest BCUT2D eigenvalue weighted by Crippen LogP contribution is -2.62. The molecule has 2 saturated heterocycles. The molecule has 1 saturated carbocycles. The van der Waals surface area contributed by atoms with Gasteiger partial charge in [-0.05, 0) is 32.6 Å². The molecule has 1 aromatic rings. The number of carbonyl (C=O) groups is 1. The minimum Gasteiger partial charge on any atom is -0.337 e. The summed E-state index contributed by atoms with van der Waals surface area (Å²) in [4.78, 5) is 26.5. The number of hydrogen-bond acceptors (Lipinski definition) is 5. The van der Waals surface area contributed by atoms with Crippen LogP contribution in [0.5, 0.6) is 0 Å². The van der Waals surface area contributed by atoms with Gasteiger partial charge in [0.15, 0.2) is 0 Å². The molecule has 0 unspecified atom stereocenters. The zero-order valence-electron chi connectivity index (χ0n) is 19.4. The van der Waals surface area contributed by atoms with Gasteiger partial charge in [0.05, 0.1) is 5.56 Å². The highest BCUT2D eigenvalue weighted by Crippen LogP contribution is 2.42. The van der Waals surface area contributed by atoms with Gasteiger partial charge >= 0.3 is 12.2 Å². The predicted octanol–water partition coefficient (Wildman–Crippen LogP) is 3.61. The number of anilines is 1. The van der Waals surface area contributed by atoms with E-state index in [1.807, 2.05) is 13.8 Å². The lowest BCUT2D eigenvalue weighted by Gasteiger charge is -2.45. The molecular formula is C22H31F5N6O. The van der Waals surface area contributed by atoms with Crippen LogP contribution in [0.3, 0.4) is 0 Å². The smallest absolute Gasteiger partial charge is 0.337 e. The number of alkyl halides is 5. The minimum atomic E-state index is -4.49. The molecule has 1 aromatic heterocycles. The van der Waals surface area contributed by atoms with Gasteiger partial charge in [0.25, 0.3) is 0 Å². The van der Waals surface area contributed by atoms with Crippen LogP contribution in [0.4, 0.5) is 32.7 Å². The maximum atomic E-state index is 13.0. The number of likely N-dealkylation sites (tertiary alicyclic amines) is 1. The zero-order valence-corrected chi connectivity index (χ0v) is 19.4. The molecule has 7 nitrogen and oxygen atoms in total. The van der Waals surface area contributed by atoms with E-state index in [0.29, 0.717) is 19.6 Å². The van der Waals surface area contributed by atoms with E-state index in [4.69, 9.17) is 0 Å². The lowest BCUT2D eigenvalue weighted by molar-refractivity contribution is -0.138. The number of urea groups is 1. The summed E-state index contributed by atoms with van der Waals surface area (Å²) in [6, 6.07) is -0.502. The van der Waals surface area contributed by atoms with Crippen LogP contribution >= 0.6 is 0 Å². The normalized spacial score (nSPS) is 26.9. The molecule has 12 heteroatoms. The van der Waals surface area contributed by atoms with Crippen molar-refractivity contribution in [2.45, 2.75) is 69.8 Å². The van der Waals surface area contributed by atoms with Crippen molar-refractivity contribution < 1.29 is 26.7 Å². The van der Waals surface area contributed by atoms with Gasteiger partial charge in [0, 0.05) is 76.1 Å².